The van der Waals surface area contributed by atoms with Crippen molar-refractivity contribution in [3.05, 3.63) is 53.1 Å². The second-order valence-corrected chi connectivity index (χ2v) is 8.07. The van der Waals surface area contributed by atoms with Gasteiger partial charge in [-0.05, 0) is 43.4 Å². The van der Waals surface area contributed by atoms with Gasteiger partial charge < -0.3 is 9.47 Å². The molecule has 4 nitrogen and oxygen atoms in total. The molecule has 1 amide bonds. The number of amides is 1. The van der Waals surface area contributed by atoms with Gasteiger partial charge in [-0.1, -0.05) is 43.0 Å². The molecule has 2 aromatic rings. The van der Waals surface area contributed by atoms with E-state index >= 15 is 0 Å². The number of carbonyl (C=O) groups excluding carboxylic acids is 1. The van der Waals surface area contributed by atoms with Gasteiger partial charge in [-0.2, -0.15) is 0 Å². The molecule has 1 aromatic heterocycles. The van der Waals surface area contributed by atoms with E-state index in [1.54, 1.807) is 0 Å². The topological polar surface area (TPSA) is 38.1 Å². The van der Waals surface area contributed by atoms with Crippen molar-refractivity contribution in [3.8, 4) is 0 Å². The first-order valence-corrected chi connectivity index (χ1v) is 10.1. The van der Waals surface area contributed by atoms with Crippen molar-refractivity contribution < 1.29 is 4.79 Å². The summed E-state index contributed by atoms with van der Waals surface area (Å²) in [6, 6.07) is 8.30. The van der Waals surface area contributed by atoms with Crippen molar-refractivity contribution in [3.63, 3.8) is 0 Å². The van der Waals surface area contributed by atoms with Crippen LogP contribution in [0.5, 0.6) is 0 Å². The molecule has 0 saturated heterocycles. The summed E-state index contributed by atoms with van der Waals surface area (Å²) in [6.07, 6.45) is 12.0. The second-order valence-electron chi connectivity index (χ2n) is 7.63. The van der Waals surface area contributed by atoms with Crippen LogP contribution in [-0.2, 0) is 17.9 Å². The van der Waals surface area contributed by atoms with Crippen LogP contribution in [0, 0.1) is 5.92 Å². The third-order valence-electron chi connectivity index (χ3n) is 5.58. The lowest BCUT2D eigenvalue weighted by atomic mass is 9.94. The summed E-state index contributed by atoms with van der Waals surface area (Å²) in [5, 5.41) is 0.747. The monoisotopic (exact) mass is 371 g/mol. The lowest BCUT2D eigenvalue weighted by molar-refractivity contribution is -0.136. The number of rotatable bonds is 6. The zero-order valence-electron chi connectivity index (χ0n) is 15.1. The molecule has 0 aliphatic heterocycles. The number of halogens is 1. The Morgan fingerprint density at radius 1 is 1.19 bits per heavy atom. The molecule has 0 N–H and O–H groups in total. The summed E-state index contributed by atoms with van der Waals surface area (Å²) in [5.41, 5.74) is 1.15. The normalized spacial score (nSPS) is 18.0. The highest BCUT2D eigenvalue weighted by molar-refractivity contribution is 6.30. The van der Waals surface area contributed by atoms with Crippen LogP contribution in [0.2, 0.25) is 5.02 Å². The van der Waals surface area contributed by atoms with Crippen molar-refractivity contribution in [2.45, 2.75) is 64.1 Å². The molecule has 2 fully saturated rings. The van der Waals surface area contributed by atoms with E-state index < -0.39 is 0 Å². The molecule has 4 rings (SSSR count). The zero-order valence-corrected chi connectivity index (χ0v) is 15.9. The molecule has 0 spiro atoms. The Morgan fingerprint density at radius 2 is 2.00 bits per heavy atom. The average molecular weight is 372 g/mol. The van der Waals surface area contributed by atoms with Gasteiger partial charge >= 0.3 is 0 Å². The summed E-state index contributed by atoms with van der Waals surface area (Å²) >= 11 is 6.12. The molecule has 26 heavy (non-hydrogen) atoms. The highest BCUT2D eigenvalue weighted by atomic mass is 35.5. The van der Waals surface area contributed by atoms with Gasteiger partial charge in [0.05, 0.1) is 6.54 Å². The molecular weight excluding hydrogens is 346 g/mol. The molecule has 0 bridgehead atoms. The molecule has 2 aliphatic rings. The maximum Gasteiger partial charge on any atom is 0.226 e. The molecule has 0 radical (unpaired) electrons. The summed E-state index contributed by atoms with van der Waals surface area (Å²) in [5.74, 6) is 1.56. The summed E-state index contributed by atoms with van der Waals surface area (Å²) < 4.78 is 2.14. The number of aromatic nitrogens is 2. The zero-order chi connectivity index (χ0) is 17.9. The first kappa shape index (κ1) is 17.6. The number of hydrogen-bond acceptors (Lipinski definition) is 2. The predicted octanol–water partition coefficient (Wildman–Crippen LogP) is 4.66. The van der Waals surface area contributed by atoms with E-state index in [9.17, 15) is 4.79 Å². The quantitative estimate of drug-likeness (QED) is 0.740. The predicted molar refractivity (Wildman–Crippen MR) is 103 cm³/mol. The van der Waals surface area contributed by atoms with Gasteiger partial charge in [0.2, 0.25) is 5.91 Å². The van der Waals surface area contributed by atoms with Crippen LogP contribution in [0.4, 0.5) is 0 Å². The first-order valence-electron chi connectivity index (χ1n) is 9.75. The van der Waals surface area contributed by atoms with Crippen LogP contribution in [0.1, 0.15) is 56.3 Å². The Bertz CT molecular complexity index is 762. The molecule has 0 atom stereocenters. The minimum atomic E-state index is 0.258. The minimum absolute atomic E-state index is 0.258. The Labute approximate surface area is 160 Å². The average Bonchev–Trinajstić information content (AvgIpc) is 3.42. The molecule has 0 unspecified atom stereocenters. The highest BCUT2D eigenvalue weighted by Gasteiger charge is 2.37. The largest absolute Gasteiger partial charge is 0.332 e. The molecular formula is C21H26ClN3O. The Balaban J connectivity index is 1.52. The van der Waals surface area contributed by atoms with Crippen LogP contribution in [-0.4, -0.2) is 26.4 Å². The summed E-state index contributed by atoms with van der Waals surface area (Å²) in [4.78, 5) is 19.6. The number of carbonyl (C=O) groups is 1. The fourth-order valence-electron chi connectivity index (χ4n) is 3.96. The van der Waals surface area contributed by atoms with Gasteiger partial charge in [-0.15, -0.1) is 0 Å². The fourth-order valence-corrected chi connectivity index (χ4v) is 4.18. The summed E-state index contributed by atoms with van der Waals surface area (Å²) in [6.45, 7) is 1.35. The molecule has 2 aliphatic carbocycles. The standard InChI is InChI=1S/C21H26ClN3O/c22-18-6-4-5-16(13-18)14-24-12-11-23-20(24)15-25(21(26)17-9-10-17)19-7-2-1-3-8-19/h4-6,11-13,17,19H,1-3,7-10,14-15H2. The van der Waals surface area contributed by atoms with Crippen LogP contribution >= 0.6 is 11.6 Å². The van der Waals surface area contributed by atoms with E-state index in [-0.39, 0.29) is 5.92 Å². The van der Waals surface area contributed by atoms with Gasteiger partial charge in [0.15, 0.2) is 0 Å². The van der Waals surface area contributed by atoms with E-state index in [0.717, 1.165) is 48.6 Å². The second kappa shape index (κ2) is 7.83. The van der Waals surface area contributed by atoms with Crippen LogP contribution < -0.4 is 0 Å². The lowest BCUT2D eigenvalue weighted by Crippen LogP contribution is -2.42. The van der Waals surface area contributed by atoms with Gasteiger partial charge in [0, 0.05) is 35.9 Å². The molecule has 1 aromatic carbocycles. The molecule has 2 saturated carbocycles. The Kier molecular flexibility index (Phi) is 5.30. The van der Waals surface area contributed by atoms with Gasteiger partial charge in [-0.25, -0.2) is 4.98 Å². The minimum Gasteiger partial charge on any atom is -0.332 e. The number of benzene rings is 1. The third-order valence-corrected chi connectivity index (χ3v) is 5.82. The van der Waals surface area contributed by atoms with Crippen molar-refractivity contribution in [2.75, 3.05) is 0 Å². The van der Waals surface area contributed by atoms with E-state index in [1.165, 1.54) is 19.3 Å². The number of imidazole rings is 1. The van der Waals surface area contributed by atoms with Gasteiger partial charge in [0.25, 0.3) is 0 Å². The Hall–Kier alpha value is -1.81. The van der Waals surface area contributed by atoms with E-state index in [1.807, 2.05) is 30.6 Å². The molecule has 5 heteroatoms. The van der Waals surface area contributed by atoms with Crippen LogP contribution in [0.3, 0.4) is 0 Å². The highest BCUT2D eigenvalue weighted by Crippen LogP contribution is 2.34. The van der Waals surface area contributed by atoms with E-state index in [2.05, 4.69) is 20.5 Å². The van der Waals surface area contributed by atoms with E-state index in [4.69, 9.17) is 11.6 Å². The van der Waals surface area contributed by atoms with Crippen molar-refractivity contribution >= 4 is 17.5 Å². The fraction of sp³-hybridized carbons (Fsp3) is 0.524. The van der Waals surface area contributed by atoms with Crippen LogP contribution in [0.25, 0.3) is 0 Å². The molecule has 1 heterocycles. The Morgan fingerprint density at radius 3 is 2.73 bits per heavy atom. The SMILES string of the molecule is O=C(C1CC1)N(Cc1nccn1Cc1cccc(Cl)c1)C1CCCCC1. The smallest absolute Gasteiger partial charge is 0.226 e. The van der Waals surface area contributed by atoms with Crippen LogP contribution in [0.15, 0.2) is 36.7 Å². The van der Waals surface area contributed by atoms with Crippen molar-refractivity contribution in [1.29, 1.82) is 0 Å². The first-order chi connectivity index (χ1) is 12.7. The van der Waals surface area contributed by atoms with Gasteiger partial charge in [0.1, 0.15) is 5.82 Å². The maximum absolute atomic E-state index is 12.9. The summed E-state index contributed by atoms with van der Waals surface area (Å²) in [7, 11) is 0. The molecule has 138 valence electrons. The number of nitrogens with zero attached hydrogens (tertiary/aromatic N) is 3. The van der Waals surface area contributed by atoms with Gasteiger partial charge in [-0.3, -0.25) is 4.79 Å². The van der Waals surface area contributed by atoms with E-state index in [0.29, 0.717) is 18.5 Å². The van der Waals surface area contributed by atoms with Crippen molar-refractivity contribution in [1.82, 2.24) is 14.5 Å². The third kappa shape index (κ3) is 4.12. The maximum atomic E-state index is 12.9. The lowest BCUT2D eigenvalue weighted by Gasteiger charge is -2.34. The van der Waals surface area contributed by atoms with Crippen molar-refractivity contribution in [2.24, 2.45) is 5.92 Å². The number of hydrogen-bond donors (Lipinski definition) is 0.